The van der Waals surface area contributed by atoms with E-state index in [1.165, 1.54) is 43.8 Å². The van der Waals surface area contributed by atoms with Crippen molar-refractivity contribution >= 4 is 27.4 Å². The van der Waals surface area contributed by atoms with Crippen LogP contribution < -0.4 is 14.8 Å². The molecular weight excluding hydrogens is 308 g/mol. The lowest BCUT2D eigenvalue weighted by Crippen LogP contribution is -2.36. The summed E-state index contributed by atoms with van der Waals surface area (Å²) < 4.78 is 30.9. The molecule has 0 bridgehead atoms. The van der Waals surface area contributed by atoms with E-state index in [0.717, 1.165) is 6.92 Å². The molecule has 0 aliphatic heterocycles. The number of aromatic nitrogens is 2. The molecule has 1 aromatic carbocycles. The molecule has 0 saturated carbocycles. The number of nitrogen functional groups attached to an aromatic ring is 1. The average molecular weight is 322 g/mol. The van der Waals surface area contributed by atoms with Crippen molar-refractivity contribution in [1.82, 2.24) is 9.97 Å². The molecule has 22 heavy (non-hydrogen) atoms. The van der Waals surface area contributed by atoms with Crippen molar-refractivity contribution in [3.8, 4) is 5.88 Å². The van der Waals surface area contributed by atoms with Gasteiger partial charge in [0.05, 0.1) is 12.0 Å². The Hall–Kier alpha value is -2.68. The van der Waals surface area contributed by atoms with Gasteiger partial charge in [-0.1, -0.05) is 0 Å². The van der Waals surface area contributed by atoms with Crippen LogP contribution >= 0.6 is 0 Å². The van der Waals surface area contributed by atoms with Crippen LogP contribution in [0.3, 0.4) is 0 Å². The van der Waals surface area contributed by atoms with E-state index in [2.05, 4.69) is 9.97 Å². The first-order valence-corrected chi connectivity index (χ1v) is 7.58. The summed E-state index contributed by atoms with van der Waals surface area (Å²) in [6, 6.07) is 5.48. The molecule has 0 aliphatic carbocycles. The summed E-state index contributed by atoms with van der Waals surface area (Å²) in [6.45, 7) is 1.11. The minimum atomic E-state index is -4.16. The summed E-state index contributed by atoms with van der Waals surface area (Å²) in [7, 11) is -2.85. The Bertz CT molecular complexity index is 790. The number of sulfonamides is 1. The fourth-order valence-corrected chi connectivity index (χ4v) is 3.16. The van der Waals surface area contributed by atoms with E-state index in [1.807, 2.05) is 0 Å². The molecule has 1 heterocycles. The maximum absolute atomic E-state index is 12.7. The van der Waals surface area contributed by atoms with Gasteiger partial charge in [-0.2, -0.15) is 4.31 Å². The van der Waals surface area contributed by atoms with Gasteiger partial charge in [-0.3, -0.25) is 4.79 Å². The van der Waals surface area contributed by atoms with Crippen molar-refractivity contribution in [2.75, 3.05) is 17.1 Å². The zero-order chi connectivity index (χ0) is 16.3. The number of ether oxygens (including phenoxy) is 1. The molecule has 116 valence electrons. The largest absolute Gasteiger partial charge is 0.478 e. The van der Waals surface area contributed by atoms with E-state index in [1.54, 1.807) is 0 Å². The summed E-state index contributed by atoms with van der Waals surface area (Å²) in [5.74, 6) is -1.01. The molecule has 8 nitrogen and oxygen atoms in total. The number of nitrogens with zero attached hydrogens (tertiary/aromatic N) is 3. The van der Waals surface area contributed by atoms with Crippen molar-refractivity contribution < 1.29 is 17.9 Å². The molecular formula is C13H14N4O4S. The summed E-state index contributed by atoms with van der Waals surface area (Å²) in [4.78, 5) is 19.6. The molecule has 0 atom stereocenters. The Morgan fingerprint density at radius 3 is 2.32 bits per heavy atom. The number of hydrogen-bond donors (Lipinski definition) is 1. The quantitative estimate of drug-likeness (QED) is 0.828. The van der Waals surface area contributed by atoms with Gasteiger partial charge in [-0.15, -0.1) is 0 Å². The molecule has 1 aromatic heterocycles. The first-order chi connectivity index (χ1) is 10.4. The lowest BCUT2D eigenvalue weighted by atomic mass is 10.3. The Kier molecular flexibility index (Phi) is 4.27. The highest BCUT2D eigenvalue weighted by Gasteiger charge is 2.32. The Balaban J connectivity index is 2.61. The van der Waals surface area contributed by atoms with Crippen LogP contribution in [0.15, 0.2) is 41.6 Å². The highest BCUT2D eigenvalue weighted by Crippen LogP contribution is 2.28. The van der Waals surface area contributed by atoms with E-state index in [-0.39, 0.29) is 16.6 Å². The number of carbonyl (C=O) groups is 1. The first kappa shape index (κ1) is 15.7. The van der Waals surface area contributed by atoms with Gasteiger partial charge in [0.2, 0.25) is 11.7 Å². The van der Waals surface area contributed by atoms with Gasteiger partial charge < -0.3 is 10.5 Å². The third-order valence-electron chi connectivity index (χ3n) is 2.74. The van der Waals surface area contributed by atoms with Crippen molar-refractivity contribution in [3.05, 3.63) is 36.7 Å². The lowest BCUT2D eigenvalue weighted by molar-refractivity contribution is -0.115. The first-order valence-electron chi connectivity index (χ1n) is 6.14. The number of benzene rings is 1. The van der Waals surface area contributed by atoms with Crippen molar-refractivity contribution in [2.45, 2.75) is 11.8 Å². The molecule has 0 unspecified atom stereocenters. The molecule has 0 radical (unpaired) electrons. The normalized spacial score (nSPS) is 11.0. The van der Waals surface area contributed by atoms with E-state index in [0.29, 0.717) is 9.99 Å². The van der Waals surface area contributed by atoms with E-state index < -0.39 is 15.9 Å². The van der Waals surface area contributed by atoms with Crippen molar-refractivity contribution in [1.29, 1.82) is 0 Å². The molecule has 0 fully saturated rings. The molecule has 2 N–H and O–H groups in total. The Morgan fingerprint density at radius 1 is 1.18 bits per heavy atom. The molecule has 0 spiro atoms. The topological polar surface area (TPSA) is 115 Å². The number of anilines is 2. The van der Waals surface area contributed by atoms with Crippen molar-refractivity contribution in [2.24, 2.45) is 0 Å². The zero-order valence-corrected chi connectivity index (χ0v) is 12.7. The van der Waals surface area contributed by atoms with Crippen LogP contribution in [0, 0.1) is 0 Å². The van der Waals surface area contributed by atoms with Crippen molar-refractivity contribution in [3.63, 3.8) is 0 Å². The van der Waals surface area contributed by atoms with Gasteiger partial charge in [-0.25, -0.2) is 18.4 Å². The van der Waals surface area contributed by atoms with Crippen LogP contribution in [-0.4, -0.2) is 31.4 Å². The van der Waals surface area contributed by atoms with Gasteiger partial charge in [0, 0.05) is 25.0 Å². The molecule has 9 heteroatoms. The van der Waals surface area contributed by atoms with Crippen LogP contribution in [0.2, 0.25) is 0 Å². The summed E-state index contributed by atoms with van der Waals surface area (Å²) in [5.41, 5.74) is 5.95. The van der Waals surface area contributed by atoms with Crippen LogP contribution in [0.1, 0.15) is 6.92 Å². The van der Waals surface area contributed by atoms with E-state index in [4.69, 9.17) is 10.5 Å². The number of hydrogen-bond acceptors (Lipinski definition) is 7. The highest BCUT2D eigenvalue weighted by molar-refractivity contribution is 7.93. The second-order valence-electron chi connectivity index (χ2n) is 4.25. The number of carbonyl (C=O) groups excluding carboxylic acids is 1. The molecule has 2 aromatic rings. The van der Waals surface area contributed by atoms with Crippen LogP contribution in [0.5, 0.6) is 5.88 Å². The number of amides is 1. The molecule has 0 saturated heterocycles. The highest BCUT2D eigenvalue weighted by atomic mass is 32.2. The van der Waals surface area contributed by atoms with Gasteiger partial charge in [-0.05, 0) is 24.3 Å². The number of methoxy groups -OCH3 is 1. The fourth-order valence-electron chi connectivity index (χ4n) is 1.78. The maximum atomic E-state index is 12.7. The Labute approximate surface area is 127 Å². The van der Waals surface area contributed by atoms with E-state index >= 15 is 0 Å². The van der Waals surface area contributed by atoms with Crippen LogP contribution in [-0.2, 0) is 14.8 Å². The van der Waals surface area contributed by atoms with E-state index in [9.17, 15) is 13.2 Å². The predicted molar refractivity (Wildman–Crippen MR) is 79.8 cm³/mol. The van der Waals surface area contributed by atoms with Gasteiger partial charge >= 0.3 is 0 Å². The second-order valence-corrected chi connectivity index (χ2v) is 6.03. The standard InChI is InChI=1S/C13H14N4O4S/c1-9(18)17(12-13(21-2)16-8-7-15-12)22(19,20)11-5-3-10(14)4-6-11/h3-8H,14H2,1-2H3. The van der Waals surface area contributed by atoms with Gasteiger partial charge in [0.1, 0.15) is 0 Å². The van der Waals surface area contributed by atoms with Crippen LogP contribution in [0.4, 0.5) is 11.5 Å². The number of nitrogens with two attached hydrogens (primary N) is 1. The summed E-state index contributed by atoms with van der Waals surface area (Å²) in [5, 5.41) is 0. The second kappa shape index (κ2) is 5.98. The van der Waals surface area contributed by atoms with Crippen LogP contribution in [0.25, 0.3) is 0 Å². The average Bonchev–Trinajstić information content (AvgIpc) is 2.47. The minimum Gasteiger partial charge on any atom is -0.478 e. The summed E-state index contributed by atoms with van der Waals surface area (Å²) >= 11 is 0. The van der Waals surface area contributed by atoms with Gasteiger partial charge in [0.15, 0.2) is 0 Å². The third-order valence-corrected chi connectivity index (χ3v) is 4.52. The monoisotopic (exact) mass is 322 g/mol. The minimum absolute atomic E-state index is 0.0725. The van der Waals surface area contributed by atoms with Gasteiger partial charge in [0.25, 0.3) is 15.9 Å². The lowest BCUT2D eigenvalue weighted by Gasteiger charge is -2.20. The molecule has 1 amide bonds. The maximum Gasteiger partial charge on any atom is 0.272 e. The molecule has 0 aliphatic rings. The SMILES string of the molecule is COc1nccnc1N(C(C)=O)S(=O)(=O)c1ccc(N)cc1. The third kappa shape index (κ3) is 2.84. The Morgan fingerprint density at radius 2 is 1.77 bits per heavy atom. The smallest absolute Gasteiger partial charge is 0.272 e. The zero-order valence-electron chi connectivity index (χ0n) is 11.9. The number of rotatable bonds is 4. The predicted octanol–water partition coefficient (Wildman–Crippen LogP) is 0.809. The fraction of sp³-hybridized carbons (Fsp3) is 0.154. The summed E-state index contributed by atoms with van der Waals surface area (Å²) in [6.07, 6.45) is 2.60. The molecule has 2 rings (SSSR count).